The molecule has 2 rings (SSSR count). The fourth-order valence-corrected chi connectivity index (χ4v) is 2.05. The number of nitrogens with two attached hydrogens (primary N) is 1. The van der Waals surface area contributed by atoms with Gasteiger partial charge >= 0.3 is 0 Å². The molecule has 0 unspecified atom stereocenters. The average molecular weight is 249 g/mol. The molecule has 0 spiro atoms. The SMILES string of the molecule is Cc1cccc(C(/C=C\N)=C/Cc2ccccc2)c1. The van der Waals surface area contributed by atoms with Crippen molar-refractivity contribution in [3.05, 3.63) is 89.6 Å². The average Bonchev–Trinajstić information content (AvgIpc) is 2.44. The van der Waals surface area contributed by atoms with Crippen LogP contribution >= 0.6 is 0 Å². The van der Waals surface area contributed by atoms with E-state index in [4.69, 9.17) is 5.73 Å². The minimum absolute atomic E-state index is 0.911. The number of aryl methyl sites for hydroxylation is 1. The van der Waals surface area contributed by atoms with Gasteiger partial charge in [0.15, 0.2) is 0 Å². The summed E-state index contributed by atoms with van der Waals surface area (Å²) in [6, 6.07) is 18.9. The number of rotatable bonds is 4. The Labute approximate surface area is 115 Å². The molecule has 0 atom stereocenters. The summed E-state index contributed by atoms with van der Waals surface area (Å²) in [5.41, 5.74) is 10.5. The number of hydrogen-bond acceptors (Lipinski definition) is 1. The Kier molecular flexibility index (Phi) is 4.57. The third kappa shape index (κ3) is 3.85. The molecule has 0 bridgehead atoms. The lowest BCUT2D eigenvalue weighted by atomic mass is 10.0. The minimum atomic E-state index is 0.911. The number of hydrogen-bond donors (Lipinski definition) is 1. The van der Waals surface area contributed by atoms with Gasteiger partial charge in [-0.05, 0) is 42.3 Å². The molecule has 2 aromatic carbocycles. The Morgan fingerprint density at radius 2 is 1.84 bits per heavy atom. The molecule has 0 aliphatic carbocycles. The molecule has 0 heterocycles. The van der Waals surface area contributed by atoms with Crippen LogP contribution in [0.5, 0.6) is 0 Å². The van der Waals surface area contributed by atoms with Crippen molar-refractivity contribution in [3.63, 3.8) is 0 Å². The van der Waals surface area contributed by atoms with Gasteiger partial charge in [0, 0.05) is 0 Å². The van der Waals surface area contributed by atoms with Gasteiger partial charge in [-0.15, -0.1) is 0 Å². The molecule has 2 aromatic rings. The van der Waals surface area contributed by atoms with E-state index in [1.165, 1.54) is 16.7 Å². The van der Waals surface area contributed by atoms with Crippen LogP contribution in [0.1, 0.15) is 16.7 Å². The standard InChI is InChI=1S/C18H19N/c1-15-6-5-9-18(14-15)17(12-13-19)11-10-16-7-3-2-4-8-16/h2-9,11-14H,10,19H2,1H3/b13-12-,17-11+. The third-order valence-corrected chi connectivity index (χ3v) is 3.03. The number of allylic oxidation sites excluding steroid dienone is 3. The van der Waals surface area contributed by atoms with Gasteiger partial charge in [-0.3, -0.25) is 0 Å². The van der Waals surface area contributed by atoms with Crippen molar-refractivity contribution in [3.8, 4) is 0 Å². The molecular formula is C18H19N. The second-order valence-corrected chi connectivity index (χ2v) is 4.58. The van der Waals surface area contributed by atoms with Gasteiger partial charge in [0.25, 0.3) is 0 Å². The maximum atomic E-state index is 5.55. The maximum absolute atomic E-state index is 5.55. The van der Waals surface area contributed by atoms with Crippen LogP contribution in [0.15, 0.2) is 72.9 Å². The highest BCUT2D eigenvalue weighted by molar-refractivity contribution is 5.74. The van der Waals surface area contributed by atoms with Gasteiger partial charge < -0.3 is 5.73 Å². The molecule has 96 valence electrons. The molecule has 0 saturated carbocycles. The van der Waals surface area contributed by atoms with E-state index in [0.29, 0.717) is 0 Å². The highest BCUT2D eigenvalue weighted by Crippen LogP contribution is 2.18. The van der Waals surface area contributed by atoms with E-state index in [1.807, 2.05) is 12.1 Å². The first-order valence-electron chi connectivity index (χ1n) is 6.49. The molecule has 0 amide bonds. The van der Waals surface area contributed by atoms with Crippen LogP contribution in [0.2, 0.25) is 0 Å². The Hall–Kier alpha value is -2.28. The lowest BCUT2D eigenvalue weighted by Crippen LogP contribution is -1.87. The predicted molar refractivity (Wildman–Crippen MR) is 82.6 cm³/mol. The lowest BCUT2D eigenvalue weighted by Gasteiger charge is -2.05. The summed E-state index contributed by atoms with van der Waals surface area (Å²) in [7, 11) is 0. The quantitative estimate of drug-likeness (QED) is 0.811. The first kappa shape index (κ1) is 13.2. The summed E-state index contributed by atoms with van der Waals surface area (Å²) in [6.45, 7) is 2.10. The van der Waals surface area contributed by atoms with E-state index < -0.39 is 0 Å². The molecule has 0 aromatic heterocycles. The van der Waals surface area contributed by atoms with Crippen LogP contribution < -0.4 is 5.73 Å². The number of benzene rings is 2. The van der Waals surface area contributed by atoms with Crippen molar-refractivity contribution in [2.75, 3.05) is 0 Å². The van der Waals surface area contributed by atoms with Crippen LogP contribution in [0.3, 0.4) is 0 Å². The Bertz CT molecular complexity index is 580. The molecule has 0 saturated heterocycles. The zero-order valence-corrected chi connectivity index (χ0v) is 11.2. The predicted octanol–water partition coefficient (Wildman–Crippen LogP) is 4.09. The minimum Gasteiger partial charge on any atom is -0.405 e. The first-order chi connectivity index (χ1) is 9.29. The lowest BCUT2D eigenvalue weighted by molar-refractivity contribution is 1.27. The molecule has 2 N–H and O–H groups in total. The Morgan fingerprint density at radius 3 is 2.53 bits per heavy atom. The first-order valence-corrected chi connectivity index (χ1v) is 6.49. The van der Waals surface area contributed by atoms with Crippen molar-refractivity contribution in [1.82, 2.24) is 0 Å². The summed E-state index contributed by atoms with van der Waals surface area (Å²) < 4.78 is 0. The molecule has 0 radical (unpaired) electrons. The van der Waals surface area contributed by atoms with Gasteiger partial charge in [0.2, 0.25) is 0 Å². The summed E-state index contributed by atoms with van der Waals surface area (Å²) >= 11 is 0. The van der Waals surface area contributed by atoms with Gasteiger partial charge in [0.05, 0.1) is 0 Å². The largest absolute Gasteiger partial charge is 0.405 e. The zero-order valence-electron chi connectivity index (χ0n) is 11.2. The topological polar surface area (TPSA) is 26.0 Å². The van der Waals surface area contributed by atoms with Crippen LogP contribution in [-0.2, 0) is 6.42 Å². The van der Waals surface area contributed by atoms with Crippen molar-refractivity contribution in [2.24, 2.45) is 5.73 Å². The smallest absolute Gasteiger partial charge is 0.00563 e. The molecular weight excluding hydrogens is 230 g/mol. The molecule has 1 nitrogen and oxygen atoms in total. The van der Waals surface area contributed by atoms with Crippen LogP contribution in [-0.4, -0.2) is 0 Å². The van der Waals surface area contributed by atoms with Gasteiger partial charge in [0.1, 0.15) is 0 Å². The van der Waals surface area contributed by atoms with Crippen LogP contribution in [0.4, 0.5) is 0 Å². The highest BCUT2D eigenvalue weighted by atomic mass is 14.5. The van der Waals surface area contributed by atoms with Gasteiger partial charge in [-0.2, -0.15) is 0 Å². The summed E-state index contributed by atoms with van der Waals surface area (Å²) in [4.78, 5) is 0. The fourth-order valence-electron chi connectivity index (χ4n) is 2.05. The fraction of sp³-hybridized carbons (Fsp3) is 0.111. The summed E-state index contributed by atoms with van der Waals surface area (Å²) in [5, 5.41) is 0. The summed E-state index contributed by atoms with van der Waals surface area (Å²) in [6.07, 6.45) is 6.68. The Morgan fingerprint density at radius 1 is 1.05 bits per heavy atom. The van der Waals surface area contributed by atoms with E-state index in [1.54, 1.807) is 6.20 Å². The van der Waals surface area contributed by atoms with E-state index in [2.05, 4.69) is 61.5 Å². The molecule has 0 aliphatic heterocycles. The van der Waals surface area contributed by atoms with E-state index in [0.717, 1.165) is 12.0 Å². The van der Waals surface area contributed by atoms with Crippen LogP contribution in [0, 0.1) is 6.92 Å². The highest BCUT2D eigenvalue weighted by Gasteiger charge is 1.98. The van der Waals surface area contributed by atoms with E-state index in [-0.39, 0.29) is 0 Å². The maximum Gasteiger partial charge on any atom is -0.00563 e. The third-order valence-electron chi connectivity index (χ3n) is 3.03. The monoisotopic (exact) mass is 249 g/mol. The van der Waals surface area contributed by atoms with Crippen molar-refractivity contribution in [1.29, 1.82) is 0 Å². The second-order valence-electron chi connectivity index (χ2n) is 4.58. The van der Waals surface area contributed by atoms with E-state index in [9.17, 15) is 0 Å². The Balaban J connectivity index is 2.25. The van der Waals surface area contributed by atoms with Gasteiger partial charge in [-0.25, -0.2) is 0 Å². The van der Waals surface area contributed by atoms with E-state index >= 15 is 0 Å². The second kappa shape index (κ2) is 6.60. The molecule has 19 heavy (non-hydrogen) atoms. The van der Waals surface area contributed by atoms with Gasteiger partial charge in [-0.1, -0.05) is 66.2 Å². The molecule has 1 heteroatoms. The van der Waals surface area contributed by atoms with Crippen molar-refractivity contribution >= 4 is 5.57 Å². The van der Waals surface area contributed by atoms with Crippen molar-refractivity contribution < 1.29 is 0 Å². The molecule has 0 aliphatic rings. The van der Waals surface area contributed by atoms with Crippen LogP contribution in [0.25, 0.3) is 5.57 Å². The summed E-state index contributed by atoms with van der Waals surface area (Å²) in [5.74, 6) is 0. The zero-order chi connectivity index (χ0) is 13.5. The molecule has 0 fully saturated rings. The van der Waals surface area contributed by atoms with Crippen molar-refractivity contribution in [2.45, 2.75) is 13.3 Å². The normalized spacial score (nSPS) is 11.9.